The van der Waals surface area contributed by atoms with Crippen molar-refractivity contribution in [3.63, 3.8) is 0 Å². The third-order valence-corrected chi connectivity index (χ3v) is 3.97. The molecule has 0 bridgehead atoms. The van der Waals surface area contributed by atoms with E-state index in [2.05, 4.69) is 11.4 Å². The molecule has 0 aromatic heterocycles. The van der Waals surface area contributed by atoms with Crippen molar-refractivity contribution >= 4 is 11.6 Å². The van der Waals surface area contributed by atoms with E-state index >= 15 is 0 Å². The molecule has 1 amide bonds. The second-order valence-corrected chi connectivity index (χ2v) is 6.26. The van der Waals surface area contributed by atoms with Gasteiger partial charge in [-0.15, -0.1) is 0 Å². The van der Waals surface area contributed by atoms with E-state index in [0.29, 0.717) is 23.6 Å². The van der Waals surface area contributed by atoms with Crippen LogP contribution in [-0.4, -0.2) is 24.2 Å². The van der Waals surface area contributed by atoms with Crippen LogP contribution in [-0.2, 0) is 9.53 Å². The molecule has 1 aliphatic rings. The summed E-state index contributed by atoms with van der Waals surface area (Å²) in [7, 11) is 0. The van der Waals surface area contributed by atoms with Crippen molar-refractivity contribution in [1.29, 1.82) is 5.26 Å². The van der Waals surface area contributed by atoms with E-state index < -0.39 is 5.60 Å². The van der Waals surface area contributed by atoms with Crippen molar-refractivity contribution in [3.05, 3.63) is 23.8 Å². The largest absolute Gasteiger partial charge is 0.490 e. The minimum Gasteiger partial charge on any atom is -0.490 e. The fourth-order valence-electron chi connectivity index (χ4n) is 2.61. The van der Waals surface area contributed by atoms with Crippen LogP contribution < -0.4 is 10.1 Å². The van der Waals surface area contributed by atoms with E-state index in [1.165, 1.54) is 0 Å². The smallest absolute Gasteiger partial charge is 0.256 e. The first-order valence-corrected chi connectivity index (χ1v) is 8.07. The van der Waals surface area contributed by atoms with Gasteiger partial charge in [0.1, 0.15) is 17.4 Å². The van der Waals surface area contributed by atoms with E-state index in [1.807, 2.05) is 27.7 Å². The second kappa shape index (κ2) is 7.01. The van der Waals surface area contributed by atoms with Crippen LogP contribution in [0.2, 0.25) is 0 Å². The lowest BCUT2D eigenvalue weighted by Gasteiger charge is -2.28. The fourth-order valence-corrected chi connectivity index (χ4v) is 2.61. The summed E-state index contributed by atoms with van der Waals surface area (Å²) < 4.78 is 11.3. The quantitative estimate of drug-likeness (QED) is 0.836. The highest BCUT2D eigenvalue weighted by Crippen LogP contribution is 2.42. The maximum absolute atomic E-state index is 12.6. The van der Waals surface area contributed by atoms with Gasteiger partial charge in [0.2, 0.25) is 0 Å². The summed E-state index contributed by atoms with van der Waals surface area (Å²) in [4.78, 5) is 12.6. The molecule has 5 nitrogen and oxygen atoms in total. The number of hydrogen-bond acceptors (Lipinski definition) is 4. The minimum atomic E-state index is -0.811. The van der Waals surface area contributed by atoms with Gasteiger partial charge in [0, 0.05) is 12.3 Å². The highest BCUT2D eigenvalue weighted by atomic mass is 16.5. The van der Waals surface area contributed by atoms with E-state index in [1.54, 1.807) is 18.2 Å². The van der Waals surface area contributed by atoms with Crippen LogP contribution in [0.25, 0.3) is 0 Å². The Balaban J connectivity index is 2.16. The van der Waals surface area contributed by atoms with Gasteiger partial charge in [0.25, 0.3) is 5.91 Å². The minimum absolute atomic E-state index is 0.0151. The Kier molecular flexibility index (Phi) is 5.27. The standard InChI is InChI=1S/C18H24N2O3/c1-5-22-18(4,14-6-7-14)17(21)20-15-8-9-16(23-12(2)3)13(10-15)11-19/h8-10,12,14H,5-7H2,1-4H3,(H,20,21)/t18-/m1/s1. The maximum Gasteiger partial charge on any atom is 0.256 e. The summed E-state index contributed by atoms with van der Waals surface area (Å²) in [6.45, 7) is 8.02. The zero-order valence-corrected chi connectivity index (χ0v) is 14.2. The van der Waals surface area contributed by atoms with Gasteiger partial charge in [-0.2, -0.15) is 5.26 Å². The number of carbonyl (C=O) groups is 1. The van der Waals surface area contributed by atoms with Crippen molar-refractivity contribution in [2.75, 3.05) is 11.9 Å². The average Bonchev–Trinajstić information content (AvgIpc) is 3.33. The van der Waals surface area contributed by atoms with Crippen LogP contribution in [0.5, 0.6) is 5.75 Å². The summed E-state index contributed by atoms with van der Waals surface area (Å²) >= 11 is 0. The molecule has 1 aromatic carbocycles. The van der Waals surface area contributed by atoms with Crippen molar-refractivity contribution < 1.29 is 14.3 Å². The average molecular weight is 316 g/mol. The lowest BCUT2D eigenvalue weighted by atomic mass is 9.98. The third kappa shape index (κ3) is 4.02. The molecule has 0 aliphatic heterocycles. The molecule has 5 heteroatoms. The Morgan fingerprint density at radius 2 is 2.17 bits per heavy atom. The molecule has 1 atom stereocenters. The van der Waals surface area contributed by atoms with Gasteiger partial charge in [-0.05, 0) is 64.7 Å². The van der Waals surface area contributed by atoms with Gasteiger partial charge < -0.3 is 14.8 Å². The normalized spacial score (nSPS) is 16.5. The molecule has 0 heterocycles. The SMILES string of the molecule is CCO[C@@](C)(C(=O)Nc1ccc(OC(C)C)c(C#N)c1)C1CC1. The summed E-state index contributed by atoms with van der Waals surface area (Å²) in [5, 5.41) is 12.1. The van der Waals surface area contributed by atoms with E-state index in [9.17, 15) is 10.1 Å². The Morgan fingerprint density at radius 3 is 2.70 bits per heavy atom. The molecule has 0 saturated heterocycles. The lowest BCUT2D eigenvalue weighted by Crippen LogP contribution is -2.44. The molecular weight excluding hydrogens is 292 g/mol. The van der Waals surface area contributed by atoms with Crippen LogP contribution in [0.1, 0.15) is 46.1 Å². The van der Waals surface area contributed by atoms with Crippen molar-refractivity contribution in [3.8, 4) is 11.8 Å². The number of benzene rings is 1. The number of amides is 1. The number of ether oxygens (including phenoxy) is 2. The molecule has 0 unspecified atom stereocenters. The van der Waals surface area contributed by atoms with Gasteiger partial charge in [0.05, 0.1) is 11.7 Å². The topological polar surface area (TPSA) is 71.3 Å². The molecule has 1 saturated carbocycles. The fraction of sp³-hybridized carbons (Fsp3) is 0.556. The molecule has 0 spiro atoms. The Morgan fingerprint density at radius 1 is 1.48 bits per heavy atom. The van der Waals surface area contributed by atoms with E-state index in [-0.39, 0.29) is 17.9 Å². The van der Waals surface area contributed by atoms with Crippen LogP contribution >= 0.6 is 0 Å². The van der Waals surface area contributed by atoms with Crippen LogP contribution in [0, 0.1) is 17.2 Å². The molecule has 124 valence electrons. The van der Waals surface area contributed by atoms with Crippen molar-refractivity contribution in [2.24, 2.45) is 5.92 Å². The highest BCUT2D eigenvalue weighted by molar-refractivity contribution is 5.97. The van der Waals surface area contributed by atoms with E-state index in [4.69, 9.17) is 9.47 Å². The van der Waals surface area contributed by atoms with Crippen LogP contribution in [0.3, 0.4) is 0 Å². The second-order valence-electron chi connectivity index (χ2n) is 6.26. The molecular formula is C18H24N2O3. The number of nitrogens with one attached hydrogen (secondary N) is 1. The first-order valence-electron chi connectivity index (χ1n) is 8.07. The Bertz CT molecular complexity index is 617. The Hall–Kier alpha value is -2.06. The monoisotopic (exact) mass is 316 g/mol. The zero-order chi connectivity index (χ0) is 17.0. The first-order chi connectivity index (χ1) is 10.9. The molecule has 1 aliphatic carbocycles. The number of carbonyl (C=O) groups excluding carboxylic acids is 1. The summed E-state index contributed by atoms with van der Waals surface area (Å²) in [6.07, 6.45) is 2.00. The lowest BCUT2D eigenvalue weighted by molar-refractivity contribution is -0.141. The predicted octanol–water partition coefficient (Wildman–Crippen LogP) is 3.49. The van der Waals surface area contributed by atoms with Crippen molar-refractivity contribution in [2.45, 2.75) is 52.2 Å². The van der Waals surface area contributed by atoms with Gasteiger partial charge in [-0.3, -0.25) is 4.79 Å². The summed E-state index contributed by atoms with van der Waals surface area (Å²) in [5.74, 6) is 0.625. The molecule has 0 radical (unpaired) electrons. The maximum atomic E-state index is 12.6. The van der Waals surface area contributed by atoms with Gasteiger partial charge in [-0.1, -0.05) is 0 Å². The number of nitriles is 1. The number of nitrogens with zero attached hydrogens (tertiary/aromatic N) is 1. The molecule has 23 heavy (non-hydrogen) atoms. The number of rotatable bonds is 7. The summed E-state index contributed by atoms with van der Waals surface area (Å²) in [5.41, 5.74) is 0.171. The van der Waals surface area contributed by atoms with Gasteiger partial charge >= 0.3 is 0 Å². The molecule has 2 rings (SSSR count). The van der Waals surface area contributed by atoms with Crippen LogP contribution in [0.15, 0.2) is 18.2 Å². The predicted molar refractivity (Wildman–Crippen MR) is 88.3 cm³/mol. The Labute approximate surface area is 137 Å². The summed E-state index contributed by atoms with van der Waals surface area (Å²) in [6, 6.07) is 7.20. The van der Waals surface area contributed by atoms with Gasteiger partial charge in [0.15, 0.2) is 0 Å². The molecule has 1 N–H and O–H groups in total. The molecule has 1 aromatic rings. The number of anilines is 1. The molecule has 1 fully saturated rings. The number of hydrogen-bond donors (Lipinski definition) is 1. The first kappa shape index (κ1) is 17.3. The van der Waals surface area contributed by atoms with Crippen LogP contribution in [0.4, 0.5) is 5.69 Å². The highest BCUT2D eigenvalue weighted by Gasteiger charge is 2.48. The zero-order valence-electron chi connectivity index (χ0n) is 14.2. The third-order valence-electron chi connectivity index (χ3n) is 3.97. The van der Waals surface area contributed by atoms with Crippen molar-refractivity contribution in [1.82, 2.24) is 0 Å². The van der Waals surface area contributed by atoms with Gasteiger partial charge in [-0.25, -0.2) is 0 Å². The van der Waals surface area contributed by atoms with E-state index in [0.717, 1.165) is 12.8 Å².